The number of rotatable bonds is 10. The zero-order valence-corrected chi connectivity index (χ0v) is 18.6. The summed E-state index contributed by atoms with van der Waals surface area (Å²) in [6.45, 7) is 0.535. The number of carboxylic acid groups (broad SMARTS) is 1. The molecule has 6 heteroatoms. The molecule has 0 aliphatic carbocycles. The van der Waals surface area contributed by atoms with Crippen molar-refractivity contribution in [3.63, 3.8) is 0 Å². The molecule has 3 aromatic rings. The fourth-order valence-corrected chi connectivity index (χ4v) is 4.63. The summed E-state index contributed by atoms with van der Waals surface area (Å²) in [5.74, 6) is 0.581. The lowest BCUT2D eigenvalue weighted by molar-refractivity contribution is -0.136. The molecule has 0 amide bonds. The number of carbonyl (C=O) groups is 1. The van der Waals surface area contributed by atoms with Gasteiger partial charge in [0.15, 0.2) is 0 Å². The number of aryl methyl sites for hydroxylation is 1. The number of hydrogen-bond donors (Lipinski definition) is 1. The summed E-state index contributed by atoms with van der Waals surface area (Å²) in [6.07, 6.45) is 1.27. The van der Waals surface area contributed by atoms with Crippen molar-refractivity contribution >= 4 is 40.9 Å². The van der Waals surface area contributed by atoms with E-state index >= 15 is 0 Å². The molecule has 0 aromatic heterocycles. The second-order valence-corrected chi connectivity index (χ2v) is 8.56. The van der Waals surface area contributed by atoms with E-state index < -0.39 is 5.97 Å². The molecule has 0 aliphatic rings. The lowest BCUT2D eigenvalue weighted by Crippen LogP contribution is -2.05. The molecule has 0 fully saturated rings. The van der Waals surface area contributed by atoms with Gasteiger partial charge in [-0.05, 0) is 41.3 Å². The maximum absolute atomic E-state index is 11.1. The number of thioether (sulfide) groups is 1. The number of hydrogen-bond acceptors (Lipinski definition) is 3. The predicted octanol–water partition coefficient (Wildman–Crippen LogP) is 6.92. The van der Waals surface area contributed by atoms with E-state index in [4.69, 9.17) is 33.0 Å². The molecule has 0 radical (unpaired) electrons. The second kappa shape index (κ2) is 11.3. The molecule has 3 nitrogen and oxygen atoms in total. The van der Waals surface area contributed by atoms with Crippen LogP contribution in [-0.4, -0.2) is 17.7 Å². The molecule has 0 heterocycles. The summed E-state index contributed by atoms with van der Waals surface area (Å²) in [7, 11) is 0. The van der Waals surface area contributed by atoms with Gasteiger partial charge in [0, 0.05) is 23.5 Å². The van der Waals surface area contributed by atoms with Crippen LogP contribution in [0.3, 0.4) is 0 Å². The summed E-state index contributed by atoms with van der Waals surface area (Å²) >= 11 is 14.1. The largest absolute Gasteiger partial charge is 0.493 e. The van der Waals surface area contributed by atoms with Crippen molar-refractivity contribution in [2.75, 3.05) is 6.61 Å². The molecule has 0 unspecified atom stereocenters. The van der Waals surface area contributed by atoms with Gasteiger partial charge in [-0.25, -0.2) is 0 Å². The van der Waals surface area contributed by atoms with Crippen LogP contribution in [0.1, 0.15) is 23.1 Å². The monoisotopic (exact) mass is 460 g/mol. The number of benzene rings is 3. The lowest BCUT2D eigenvalue weighted by atomic mass is 10.1. The minimum atomic E-state index is -0.826. The number of carboxylic acids is 1. The van der Waals surface area contributed by atoms with Crippen LogP contribution in [0.25, 0.3) is 0 Å². The van der Waals surface area contributed by atoms with Gasteiger partial charge in [0.2, 0.25) is 0 Å². The first kappa shape index (κ1) is 22.5. The van der Waals surface area contributed by atoms with Gasteiger partial charge in [0.1, 0.15) is 5.75 Å². The Bertz CT molecular complexity index is 973. The van der Waals surface area contributed by atoms with E-state index in [0.717, 1.165) is 28.2 Å². The number of aliphatic carboxylic acids is 1. The molecule has 30 heavy (non-hydrogen) atoms. The highest BCUT2D eigenvalue weighted by Gasteiger charge is 2.11. The van der Waals surface area contributed by atoms with Crippen molar-refractivity contribution in [2.45, 2.75) is 29.9 Å². The van der Waals surface area contributed by atoms with E-state index in [2.05, 4.69) is 12.1 Å². The summed E-state index contributed by atoms with van der Waals surface area (Å²) in [5.41, 5.74) is 3.16. The highest BCUT2D eigenvalue weighted by Crippen LogP contribution is 2.36. The van der Waals surface area contributed by atoms with Gasteiger partial charge in [0.25, 0.3) is 0 Å². The van der Waals surface area contributed by atoms with Crippen LogP contribution in [0.5, 0.6) is 5.75 Å². The SMILES string of the molecule is O=C(O)CCc1cc(CSc2c(Cl)cccc2Cl)ccc1OCCc1ccccc1. The smallest absolute Gasteiger partial charge is 0.303 e. The molecule has 0 saturated carbocycles. The highest BCUT2D eigenvalue weighted by molar-refractivity contribution is 7.98. The summed E-state index contributed by atoms with van der Waals surface area (Å²) < 4.78 is 5.99. The van der Waals surface area contributed by atoms with Crippen molar-refractivity contribution in [3.8, 4) is 5.75 Å². The van der Waals surface area contributed by atoms with Crippen LogP contribution in [0.4, 0.5) is 0 Å². The van der Waals surface area contributed by atoms with Crippen molar-refractivity contribution < 1.29 is 14.6 Å². The fourth-order valence-electron chi connectivity index (χ4n) is 3.00. The predicted molar refractivity (Wildman–Crippen MR) is 124 cm³/mol. The third kappa shape index (κ3) is 6.69. The molecule has 0 spiro atoms. The maximum atomic E-state index is 11.1. The number of halogens is 2. The van der Waals surface area contributed by atoms with Crippen LogP contribution in [0.15, 0.2) is 71.6 Å². The Balaban J connectivity index is 1.69. The van der Waals surface area contributed by atoms with Crippen molar-refractivity contribution in [2.24, 2.45) is 0 Å². The van der Waals surface area contributed by atoms with Crippen LogP contribution < -0.4 is 4.74 Å². The Morgan fingerprint density at radius 1 is 0.900 bits per heavy atom. The molecule has 3 rings (SSSR count). The van der Waals surface area contributed by atoms with Gasteiger partial charge >= 0.3 is 5.97 Å². The highest BCUT2D eigenvalue weighted by atomic mass is 35.5. The van der Waals surface area contributed by atoms with Gasteiger partial charge in [-0.1, -0.05) is 71.7 Å². The lowest BCUT2D eigenvalue weighted by Gasteiger charge is -2.14. The van der Waals surface area contributed by atoms with E-state index in [0.29, 0.717) is 28.8 Å². The second-order valence-electron chi connectivity index (χ2n) is 6.76. The Kier molecular flexibility index (Phi) is 8.50. The third-order valence-electron chi connectivity index (χ3n) is 4.53. The average Bonchev–Trinajstić information content (AvgIpc) is 2.73. The van der Waals surface area contributed by atoms with E-state index in [-0.39, 0.29) is 6.42 Å². The minimum absolute atomic E-state index is 0.0575. The van der Waals surface area contributed by atoms with Gasteiger partial charge in [-0.3, -0.25) is 4.79 Å². The van der Waals surface area contributed by atoms with Gasteiger partial charge in [0.05, 0.1) is 16.7 Å². The maximum Gasteiger partial charge on any atom is 0.303 e. The molecule has 3 aromatic carbocycles. The molecular formula is C24H22Cl2O3S. The van der Waals surface area contributed by atoms with Crippen molar-refractivity contribution in [1.82, 2.24) is 0 Å². The first-order valence-electron chi connectivity index (χ1n) is 9.60. The molecule has 0 bridgehead atoms. The molecule has 0 saturated heterocycles. The summed E-state index contributed by atoms with van der Waals surface area (Å²) in [4.78, 5) is 11.9. The van der Waals surface area contributed by atoms with Crippen LogP contribution >= 0.6 is 35.0 Å². The zero-order valence-electron chi connectivity index (χ0n) is 16.3. The topological polar surface area (TPSA) is 46.5 Å². The number of ether oxygens (including phenoxy) is 1. The van der Waals surface area contributed by atoms with Crippen LogP contribution in [0.2, 0.25) is 10.0 Å². The molecular weight excluding hydrogens is 439 g/mol. The standard InChI is InChI=1S/C24H22Cl2O3S/c25-20-7-4-8-21(26)24(20)30-16-18-9-11-22(19(15-18)10-12-23(27)28)29-14-13-17-5-2-1-3-6-17/h1-9,11,15H,10,12-14,16H2,(H,27,28). The Morgan fingerprint density at radius 2 is 1.63 bits per heavy atom. The molecule has 0 aliphatic heterocycles. The normalized spacial score (nSPS) is 10.7. The van der Waals surface area contributed by atoms with E-state index in [1.807, 2.05) is 54.6 Å². The Labute approximate surface area is 191 Å². The summed E-state index contributed by atoms with van der Waals surface area (Å²) in [5, 5.41) is 10.3. The van der Waals surface area contributed by atoms with Gasteiger partial charge in [-0.15, -0.1) is 11.8 Å². The van der Waals surface area contributed by atoms with E-state index in [9.17, 15) is 4.79 Å². The van der Waals surface area contributed by atoms with Gasteiger partial charge in [-0.2, -0.15) is 0 Å². The molecule has 156 valence electrons. The van der Waals surface area contributed by atoms with Crippen LogP contribution in [-0.2, 0) is 23.4 Å². The summed E-state index contributed by atoms with van der Waals surface area (Å²) in [6, 6.07) is 21.5. The Hall–Kier alpha value is -2.14. The zero-order chi connectivity index (χ0) is 21.3. The van der Waals surface area contributed by atoms with Gasteiger partial charge < -0.3 is 9.84 Å². The average molecular weight is 461 g/mol. The first-order chi connectivity index (χ1) is 14.5. The minimum Gasteiger partial charge on any atom is -0.493 e. The first-order valence-corrected chi connectivity index (χ1v) is 11.3. The molecule has 1 N–H and O–H groups in total. The fraction of sp³-hybridized carbons (Fsp3) is 0.208. The third-order valence-corrected chi connectivity index (χ3v) is 6.59. The van der Waals surface area contributed by atoms with Crippen molar-refractivity contribution in [3.05, 3.63) is 93.5 Å². The van der Waals surface area contributed by atoms with Crippen LogP contribution in [0, 0.1) is 0 Å². The molecule has 0 atom stereocenters. The van der Waals surface area contributed by atoms with Crippen molar-refractivity contribution in [1.29, 1.82) is 0 Å². The van der Waals surface area contributed by atoms with E-state index in [1.165, 1.54) is 5.56 Å². The Morgan fingerprint density at radius 3 is 2.33 bits per heavy atom. The quantitative estimate of drug-likeness (QED) is 0.333. The van der Waals surface area contributed by atoms with E-state index in [1.54, 1.807) is 11.8 Å².